The molecule has 2 unspecified atom stereocenters. The second-order valence-electron chi connectivity index (χ2n) is 6.04. The molecule has 0 saturated carbocycles. The quantitative estimate of drug-likeness (QED) is 0.827. The van der Waals surface area contributed by atoms with E-state index >= 15 is 0 Å². The Morgan fingerprint density at radius 3 is 2.83 bits per heavy atom. The maximum absolute atomic E-state index is 12.6. The van der Waals surface area contributed by atoms with Crippen LogP contribution in [-0.4, -0.2) is 43.3 Å². The van der Waals surface area contributed by atoms with Crippen molar-refractivity contribution in [2.24, 2.45) is 5.92 Å². The van der Waals surface area contributed by atoms with Crippen molar-refractivity contribution in [3.05, 3.63) is 0 Å². The van der Waals surface area contributed by atoms with Crippen molar-refractivity contribution < 1.29 is 14.3 Å². The molecule has 2 atom stereocenters. The maximum Gasteiger partial charge on any atom is 0.155 e. The second-order valence-corrected chi connectivity index (χ2v) is 6.04. The smallest absolute Gasteiger partial charge is 0.155 e. The summed E-state index contributed by atoms with van der Waals surface area (Å²) in [5.74, 6) is 0.424. The lowest BCUT2D eigenvalue weighted by Gasteiger charge is -2.39. The van der Waals surface area contributed by atoms with Crippen LogP contribution in [0.1, 0.15) is 40.0 Å². The van der Waals surface area contributed by atoms with Gasteiger partial charge < -0.3 is 14.8 Å². The van der Waals surface area contributed by atoms with Crippen molar-refractivity contribution in [2.75, 3.05) is 26.4 Å². The van der Waals surface area contributed by atoms with E-state index in [9.17, 15) is 4.79 Å². The highest BCUT2D eigenvalue weighted by Gasteiger charge is 2.45. The molecule has 2 aliphatic heterocycles. The van der Waals surface area contributed by atoms with Gasteiger partial charge in [0.25, 0.3) is 0 Å². The van der Waals surface area contributed by atoms with E-state index in [1.165, 1.54) is 0 Å². The first-order valence-corrected chi connectivity index (χ1v) is 7.00. The Morgan fingerprint density at radius 2 is 2.22 bits per heavy atom. The van der Waals surface area contributed by atoms with Gasteiger partial charge in [-0.3, -0.25) is 4.79 Å². The predicted molar refractivity (Wildman–Crippen MR) is 69.6 cm³/mol. The second kappa shape index (κ2) is 5.27. The van der Waals surface area contributed by atoms with Crippen LogP contribution in [0.4, 0.5) is 0 Å². The van der Waals surface area contributed by atoms with E-state index < -0.39 is 5.54 Å². The summed E-state index contributed by atoms with van der Waals surface area (Å²) < 4.78 is 11.3. The first-order chi connectivity index (χ1) is 8.49. The van der Waals surface area contributed by atoms with Crippen molar-refractivity contribution in [1.82, 2.24) is 5.32 Å². The molecular weight excluding hydrogens is 230 g/mol. The van der Waals surface area contributed by atoms with Gasteiger partial charge in [-0.1, -0.05) is 6.92 Å². The van der Waals surface area contributed by atoms with Gasteiger partial charge in [-0.15, -0.1) is 0 Å². The predicted octanol–water partition coefficient (Wildman–Crippen LogP) is 1.53. The maximum atomic E-state index is 12.6. The molecule has 2 saturated heterocycles. The number of carbonyl (C=O) groups is 1. The van der Waals surface area contributed by atoms with Gasteiger partial charge in [0.1, 0.15) is 0 Å². The molecule has 4 nitrogen and oxygen atoms in total. The number of ether oxygens (including phenoxy) is 2. The highest BCUT2D eigenvalue weighted by molar-refractivity contribution is 5.89. The molecule has 0 aromatic carbocycles. The minimum Gasteiger partial charge on any atom is -0.378 e. The van der Waals surface area contributed by atoms with E-state index in [1.807, 2.05) is 20.8 Å². The molecule has 2 aliphatic rings. The molecular formula is C14H25NO3. The van der Waals surface area contributed by atoms with Crippen LogP contribution in [0, 0.1) is 5.92 Å². The number of Topliss-reactive ketones (excluding diaryl/α,β-unsaturated/α-hetero) is 1. The molecule has 0 radical (unpaired) electrons. The van der Waals surface area contributed by atoms with Crippen molar-refractivity contribution >= 4 is 5.78 Å². The SMILES string of the molecule is CCNC(C)(C)C(=O)C1CCOC2(CCOC2)C1. The number of carbonyl (C=O) groups excluding carboxylic acids is 1. The lowest BCUT2D eigenvalue weighted by Crippen LogP contribution is -2.53. The fourth-order valence-corrected chi connectivity index (χ4v) is 3.15. The molecule has 0 aromatic rings. The first kappa shape index (κ1) is 14.0. The standard InChI is InChI=1S/C14H25NO3/c1-4-15-13(2,3)12(16)11-5-7-18-14(9-11)6-8-17-10-14/h11,15H,4-10H2,1-3H3. The molecule has 0 bridgehead atoms. The summed E-state index contributed by atoms with van der Waals surface area (Å²) in [7, 11) is 0. The number of hydrogen-bond acceptors (Lipinski definition) is 4. The van der Waals surface area contributed by atoms with Gasteiger partial charge in [0.15, 0.2) is 5.78 Å². The molecule has 2 rings (SSSR count). The fraction of sp³-hybridized carbons (Fsp3) is 0.929. The van der Waals surface area contributed by atoms with Gasteiger partial charge in [-0.05, 0) is 33.2 Å². The summed E-state index contributed by atoms with van der Waals surface area (Å²) in [6, 6.07) is 0. The van der Waals surface area contributed by atoms with Crippen LogP contribution in [0.5, 0.6) is 0 Å². The normalized spacial score (nSPS) is 32.9. The fourth-order valence-electron chi connectivity index (χ4n) is 3.15. The third kappa shape index (κ3) is 2.76. The third-order valence-electron chi connectivity index (χ3n) is 4.17. The molecule has 1 N–H and O–H groups in total. The zero-order valence-corrected chi connectivity index (χ0v) is 11.8. The van der Waals surface area contributed by atoms with Gasteiger partial charge >= 0.3 is 0 Å². The Morgan fingerprint density at radius 1 is 1.44 bits per heavy atom. The van der Waals surface area contributed by atoms with Crippen molar-refractivity contribution in [1.29, 1.82) is 0 Å². The summed E-state index contributed by atoms with van der Waals surface area (Å²) in [6.07, 6.45) is 2.59. The number of ketones is 1. The van der Waals surface area contributed by atoms with E-state index in [1.54, 1.807) is 0 Å². The zero-order valence-electron chi connectivity index (χ0n) is 11.8. The number of likely N-dealkylation sites (N-methyl/N-ethyl adjacent to an activating group) is 1. The van der Waals surface area contributed by atoms with Gasteiger partial charge in [-0.25, -0.2) is 0 Å². The van der Waals surface area contributed by atoms with Gasteiger partial charge in [0.2, 0.25) is 0 Å². The van der Waals surface area contributed by atoms with Gasteiger partial charge in [-0.2, -0.15) is 0 Å². The van der Waals surface area contributed by atoms with E-state index in [2.05, 4.69) is 5.32 Å². The Hall–Kier alpha value is -0.450. The van der Waals surface area contributed by atoms with E-state index in [4.69, 9.17) is 9.47 Å². The topological polar surface area (TPSA) is 47.6 Å². The van der Waals surface area contributed by atoms with E-state index in [0.29, 0.717) is 19.0 Å². The first-order valence-electron chi connectivity index (χ1n) is 7.00. The Kier molecular flexibility index (Phi) is 4.09. The summed E-state index contributed by atoms with van der Waals surface area (Å²) in [6.45, 7) is 8.90. The molecule has 104 valence electrons. The molecule has 18 heavy (non-hydrogen) atoms. The number of hydrogen-bond donors (Lipinski definition) is 1. The summed E-state index contributed by atoms with van der Waals surface area (Å²) in [5.41, 5.74) is -0.613. The monoisotopic (exact) mass is 255 g/mol. The van der Waals surface area contributed by atoms with Crippen LogP contribution in [0.2, 0.25) is 0 Å². The van der Waals surface area contributed by atoms with Crippen LogP contribution in [0.3, 0.4) is 0 Å². The minimum atomic E-state index is -0.433. The third-order valence-corrected chi connectivity index (χ3v) is 4.17. The number of nitrogens with one attached hydrogen (secondary N) is 1. The van der Waals surface area contributed by atoms with Gasteiger partial charge in [0.05, 0.1) is 17.7 Å². The Balaban J connectivity index is 2.02. The van der Waals surface area contributed by atoms with E-state index in [0.717, 1.165) is 32.4 Å². The van der Waals surface area contributed by atoms with Crippen LogP contribution >= 0.6 is 0 Å². The van der Waals surface area contributed by atoms with Crippen LogP contribution in [0.15, 0.2) is 0 Å². The van der Waals surface area contributed by atoms with Gasteiger partial charge in [0, 0.05) is 25.6 Å². The Bertz CT molecular complexity index is 308. The molecule has 4 heteroatoms. The van der Waals surface area contributed by atoms with Crippen LogP contribution in [-0.2, 0) is 14.3 Å². The summed E-state index contributed by atoms with van der Waals surface area (Å²) in [5, 5.41) is 3.28. The summed E-state index contributed by atoms with van der Waals surface area (Å²) >= 11 is 0. The average molecular weight is 255 g/mol. The highest BCUT2D eigenvalue weighted by Crippen LogP contribution is 2.37. The molecule has 0 aliphatic carbocycles. The minimum absolute atomic E-state index is 0.106. The largest absolute Gasteiger partial charge is 0.378 e. The van der Waals surface area contributed by atoms with Crippen molar-refractivity contribution in [3.63, 3.8) is 0 Å². The van der Waals surface area contributed by atoms with Crippen LogP contribution in [0.25, 0.3) is 0 Å². The van der Waals surface area contributed by atoms with Crippen LogP contribution < -0.4 is 5.32 Å². The lowest BCUT2D eigenvalue weighted by molar-refractivity contribution is -0.142. The lowest BCUT2D eigenvalue weighted by atomic mass is 9.78. The number of rotatable bonds is 4. The van der Waals surface area contributed by atoms with Crippen molar-refractivity contribution in [3.8, 4) is 0 Å². The summed E-state index contributed by atoms with van der Waals surface area (Å²) in [4.78, 5) is 12.6. The molecule has 2 heterocycles. The molecule has 1 spiro atoms. The molecule has 0 aromatic heterocycles. The Labute approximate surface area is 109 Å². The zero-order chi connectivity index (χ0) is 13.2. The molecule has 2 fully saturated rings. The average Bonchev–Trinajstić information content (AvgIpc) is 2.76. The van der Waals surface area contributed by atoms with Crippen molar-refractivity contribution in [2.45, 2.75) is 51.2 Å². The van der Waals surface area contributed by atoms with E-state index in [-0.39, 0.29) is 11.5 Å². The molecule has 0 amide bonds. The highest BCUT2D eigenvalue weighted by atomic mass is 16.6.